The standard InChI is InChI=1S/C36H20N2O10/c39-31-27-17-29-30(34(42)38(33(29)41)22-7-15-26(16-8-22)48-24-11-3-20(4-12-24)36(45)46)18-28(27)32(40)37(31)21-5-13-25(14-6-21)47-23-9-1-19(2-10-23)35(43)44/h1-18H,(H,43,44)(H,45,46). The highest BCUT2D eigenvalue weighted by Gasteiger charge is 2.21. The van der Waals surface area contributed by atoms with Gasteiger partial charge in [-0.1, -0.05) is 0 Å². The number of hydrogen-bond acceptors (Lipinski definition) is 8. The molecule has 0 bridgehead atoms. The molecule has 0 fully saturated rings. The van der Waals surface area contributed by atoms with Crippen molar-refractivity contribution in [2.75, 3.05) is 0 Å². The molecule has 48 heavy (non-hydrogen) atoms. The van der Waals surface area contributed by atoms with Crippen LogP contribution in [0.1, 0.15) is 20.7 Å². The number of carboxylic acid groups (broad SMARTS) is 2. The zero-order valence-electron chi connectivity index (χ0n) is 24.4. The first-order valence-corrected chi connectivity index (χ1v) is 14.3. The minimum absolute atomic E-state index is 0.0155. The fraction of sp³-hybridized carbons (Fsp3) is 0. The lowest BCUT2D eigenvalue weighted by Gasteiger charge is -2.07. The van der Waals surface area contributed by atoms with Crippen molar-refractivity contribution in [1.82, 2.24) is 9.13 Å². The van der Waals surface area contributed by atoms with Crippen molar-refractivity contribution < 1.29 is 29.3 Å². The normalized spacial score (nSPS) is 11.2. The monoisotopic (exact) mass is 640 g/mol. The Morgan fingerprint density at radius 1 is 0.417 bits per heavy atom. The predicted molar refractivity (Wildman–Crippen MR) is 175 cm³/mol. The first kappa shape index (κ1) is 29.6. The second-order valence-electron chi connectivity index (χ2n) is 10.7. The molecule has 5 aromatic carbocycles. The topological polar surface area (TPSA) is 171 Å². The van der Waals surface area contributed by atoms with Crippen LogP contribution in [0.15, 0.2) is 128 Å². The first-order chi connectivity index (χ1) is 23.1. The molecular weight excluding hydrogens is 620 g/mol. The summed E-state index contributed by atoms with van der Waals surface area (Å²) in [7, 11) is 0. The van der Waals surface area contributed by atoms with Gasteiger partial charge in [0.1, 0.15) is 23.0 Å². The molecule has 12 nitrogen and oxygen atoms in total. The summed E-state index contributed by atoms with van der Waals surface area (Å²) in [6, 6.07) is 26.3. The van der Waals surface area contributed by atoms with E-state index in [9.17, 15) is 28.8 Å². The van der Waals surface area contributed by atoms with E-state index in [0.29, 0.717) is 23.0 Å². The molecule has 2 heterocycles. The number of aromatic carboxylic acids is 2. The molecule has 0 aliphatic carbocycles. The molecule has 0 amide bonds. The Labute approximate surface area is 267 Å². The molecule has 7 rings (SSSR count). The zero-order chi connectivity index (χ0) is 33.7. The van der Waals surface area contributed by atoms with Gasteiger partial charge in [-0.2, -0.15) is 0 Å². The Balaban J connectivity index is 1.18. The maximum Gasteiger partial charge on any atom is 0.335 e. The Bertz CT molecular complexity index is 2350. The summed E-state index contributed by atoms with van der Waals surface area (Å²) in [5, 5.41) is 18.0. The third-order valence-electron chi connectivity index (χ3n) is 7.76. The summed E-state index contributed by atoms with van der Waals surface area (Å²) >= 11 is 0. The lowest BCUT2D eigenvalue weighted by Crippen LogP contribution is -2.24. The Morgan fingerprint density at radius 3 is 0.917 bits per heavy atom. The van der Waals surface area contributed by atoms with Gasteiger partial charge in [0.05, 0.1) is 44.0 Å². The van der Waals surface area contributed by atoms with Crippen LogP contribution >= 0.6 is 0 Å². The lowest BCUT2D eigenvalue weighted by atomic mass is 10.1. The molecule has 0 spiro atoms. The number of carboxylic acids is 2. The number of ether oxygens (including phenoxy) is 2. The fourth-order valence-corrected chi connectivity index (χ4v) is 5.37. The van der Waals surface area contributed by atoms with E-state index in [1.165, 1.54) is 84.9 Å². The van der Waals surface area contributed by atoms with Gasteiger partial charge in [-0.15, -0.1) is 0 Å². The summed E-state index contributed by atoms with van der Waals surface area (Å²) < 4.78 is 13.4. The van der Waals surface area contributed by atoms with E-state index in [2.05, 4.69) is 0 Å². The second kappa shape index (κ2) is 11.4. The number of hydrogen-bond donors (Lipinski definition) is 2. The van der Waals surface area contributed by atoms with Crippen LogP contribution in [0.3, 0.4) is 0 Å². The molecule has 7 aromatic rings. The number of nitrogens with zero attached hydrogens (tertiary/aromatic N) is 2. The van der Waals surface area contributed by atoms with Crippen molar-refractivity contribution in [3.8, 4) is 34.4 Å². The van der Waals surface area contributed by atoms with Crippen molar-refractivity contribution in [2.24, 2.45) is 0 Å². The summed E-state index contributed by atoms with van der Waals surface area (Å²) in [5.41, 5.74) is -1.94. The van der Waals surface area contributed by atoms with E-state index in [4.69, 9.17) is 19.7 Å². The van der Waals surface area contributed by atoms with E-state index in [1.54, 1.807) is 24.3 Å². The predicted octanol–water partition coefficient (Wildman–Crippen LogP) is 4.87. The molecule has 0 unspecified atom stereocenters. The van der Waals surface area contributed by atoms with Crippen LogP contribution in [-0.4, -0.2) is 31.3 Å². The zero-order valence-corrected chi connectivity index (χ0v) is 24.4. The molecule has 0 atom stereocenters. The fourth-order valence-electron chi connectivity index (χ4n) is 5.37. The quantitative estimate of drug-likeness (QED) is 0.233. The molecule has 0 radical (unpaired) electrons. The molecule has 0 aliphatic heterocycles. The van der Waals surface area contributed by atoms with Crippen molar-refractivity contribution in [1.29, 1.82) is 0 Å². The maximum atomic E-state index is 13.4. The molecule has 234 valence electrons. The molecule has 2 N–H and O–H groups in total. The van der Waals surface area contributed by atoms with Crippen LogP contribution in [-0.2, 0) is 0 Å². The van der Waals surface area contributed by atoms with E-state index >= 15 is 0 Å². The smallest absolute Gasteiger partial charge is 0.335 e. The minimum atomic E-state index is -1.06. The molecule has 0 aliphatic rings. The van der Waals surface area contributed by atoms with Crippen LogP contribution in [0.25, 0.3) is 32.9 Å². The number of aromatic nitrogens is 2. The van der Waals surface area contributed by atoms with Crippen molar-refractivity contribution in [3.05, 3.63) is 162 Å². The minimum Gasteiger partial charge on any atom is -0.478 e. The van der Waals surface area contributed by atoms with Gasteiger partial charge >= 0.3 is 11.9 Å². The molecule has 12 heteroatoms. The Kier molecular flexibility index (Phi) is 7.02. The lowest BCUT2D eigenvalue weighted by molar-refractivity contribution is 0.0686. The largest absolute Gasteiger partial charge is 0.478 e. The van der Waals surface area contributed by atoms with Gasteiger partial charge in [0.2, 0.25) is 0 Å². The van der Waals surface area contributed by atoms with Crippen LogP contribution in [0.4, 0.5) is 0 Å². The van der Waals surface area contributed by atoms with Gasteiger partial charge < -0.3 is 19.7 Å². The van der Waals surface area contributed by atoms with Gasteiger partial charge in [-0.05, 0) is 109 Å². The maximum absolute atomic E-state index is 13.4. The van der Waals surface area contributed by atoms with Crippen LogP contribution in [0.2, 0.25) is 0 Å². The number of fused-ring (bicyclic) bond motifs is 2. The second-order valence-corrected chi connectivity index (χ2v) is 10.7. The third kappa shape index (κ3) is 5.08. The Morgan fingerprint density at radius 2 is 0.667 bits per heavy atom. The summed E-state index contributed by atoms with van der Waals surface area (Å²) in [4.78, 5) is 75.8. The average Bonchev–Trinajstić information content (AvgIpc) is 3.48. The first-order valence-electron chi connectivity index (χ1n) is 14.3. The van der Waals surface area contributed by atoms with E-state index < -0.39 is 34.2 Å². The highest BCUT2D eigenvalue weighted by Crippen LogP contribution is 2.25. The highest BCUT2D eigenvalue weighted by atomic mass is 16.5. The number of benzene rings is 5. The summed E-state index contributed by atoms with van der Waals surface area (Å²) in [6.45, 7) is 0. The van der Waals surface area contributed by atoms with Crippen molar-refractivity contribution >= 4 is 33.5 Å². The van der Waals surface area contributed by atoms with Crippen LogP contribution < -0.4 is 31.7 Å². The van der Waals surface area contributed by atoms with E-state index in [-0.39, 0.29) is 44.0 Å². The molecular formula is C36H20N2O10. The highest BCUT2D eigenvalue weighted by molar-refractivity contribution is 5.98. The van der Waals surface area contributed by atoms with E-state index in [1.807, 2.05) is 0 Å². The van der Waals surface area contributed by atoms with Gasteiger partial charge in [-0.3, -0.25) is 19.2 Å². The van der Waals surface area contributed by atoms with Gasteiger partial charge in [0, 0.05) is 0 Å². The SMILES string of the molecule is O=C(O)c1ccc(Oc2ccc(-n3c(=O)c4cc5c(=O)n(-c6ccc(Oc7ccc(C(=O)O)cc7)cc6)c(=O)c5cc4c3=O)cc2)cc1. The summed E-state index contributed by atoms with van der Waals surface area (Å²) in [5.74, 6) is -0.595. The summed E-state index contributed by atoms with van der Waals surface area (Å²) in [6.07, 6.45) is 0. The number of carbonyl (C=O) groups is 2. The molecule has 0 saturated heterocycles. The molecule has 0 saturated carbocycles. The third-order valence-corrected chi connectivity index (χ3v) is 7.76. The molecule has 2 aromatic heterocycles. The van der Waals surface area contributed by atoms with Crippen molar-refractivity contribution in [3.63, 3.8) is 0 Å². The average molecular weight is 641 g/mol. The van der Waals surface area contributed by atoms with Crippen LogP contribution in [0, 0.1) is 0 Å². The van der Waals surface area contributed by atoms with E-state index in [0.717, 1.165) is 9.13 Å². The van der Waals surface area contributed by atoms with Gasteiger partial charge in [0.15, 0.2) is 0 Å². The Hall–Kier alpha value is -7.08. The van der Waals surface area contributed by atoms with Gasteiger partial charge in [-0.25, -0.2) is 18.7 Å². The number of rotatable bonds is 8. The van der Waals surface area contributed by atoms with Gasteiger partial charge in [0.25, 0.3) is 22.2 Å². The van der Waals surface area contributed by atoms with Crippen LogP contribution in [0.5, 0.6) is 23.0 Å². The van der Waals surface area contributed by atoms with Crippen molar-refractivity contribution in [2.45, 2.75) is 0 Å².